The zero-order valence-electron chi connectivity index (χ0n) is 8.84. The lowest BCUT2D eigenvalue weighted by molar-refractivity contribution is 0.158. The predicted octanol–water partition coefficient (Wildman–Crippen LogP) is 2.74. The number of nitrogens with zero attached hydrogens (tertiary/aromatic N) is 1. The standard InChI is InChI=1S/C11H16ClFN2/c1-2-4-11(13,8-14)6-9-3-5-15-7-10(9)12/h3,5,7H,2,4,6,8,14H2,1H3. The van der Waals surface area contributed by atoms with E-state index in [0.29, 0.717) is 11.4 Å². The van der Waals surface area contributed by atoms with Crippen molar-refractivity contribution in [3.05, 3.63) is 29.0 Å². The molecule has 1 aromatic heterocycles. The number of hydrogen-bond donors (Lipinski definition) is 1. The Morgan fingerprint density at radius 1 is 1.60 bits per heavy atom. The largest absolute Gasteiger partial charge is 0.328 e. The van der Waals surface area contributed by atoms with Crippen molar-refractivity contribution in [3.8, 4) is 0 Å². The van der Waals surface area contributed by atoms with Gasteiger partial charge in [-0.3, -0.25) is 4.98 Å². The molecule has 84 valence electrons. The maximum Gasteiger partial charge on any atom is 0.127 e. The minimum Gasteiger partial charge on any atom is -0.328 e. The Labute approximate surface area is 94.6 Å². The molecule has 0 saturated carbocycles. The number of alkyl halides is 1. The average Bonchev–Trinajstić information content (AvgIpc) is 2.22. The van der Waals surface area contributed by atoms with E-state index in [1.165, 1.54) is 6.20 Å². The number of pyridine rings is 1. The summed E-state index contributed by atoms with van der Waals surface area (Å²) in [5, 5.41) is 0.504. The Kier molecular flexibility index (Phi) is 4.48. The van der Waals surface area contributed by atoms with Gasteiger partial charge in [-0.15, -0.1) is 0 Å². The first-order valence-corrected chi connectivity index (χ1v) is 5.46. The summed E-state index contributed by atoms with van der Waals surface area (Å²) >= 11 is 5.92. The fourth-order valence-electron chi connectivity index (χ4n) is 1.60. The fraction of sp³-hybridized carbons (Fsp3) is 0.545. The Hall–Kier alpha value is -0.670. The summed E-state index contributed by atoms with van der Waals surface area (Å²) in [5.41, 5.74) is 4.88. The molecule has 1 unspecified atom stereocenters. The number of nitrogens with two attached hydrogens (primary N) is 1. The van der Waals surface area contributed by atoms with E-state index in [4.69, 9.17) is 17.3 Å². The highest BCUT2D eigenvalue weighted by molar-refractivity contribution is 6.31. The molecule has 0 fully saturated rings. The summed E-state index contributed by atoms with van der Waals surface area (Å²) in [6.45, 7) is 1.97. The van der Waals surface area contributed by atoms with Crippen molar-refractivity contribution in [2.75, 3.05) is 6.54 Å². The Morgan fingerprint density at radius 3 is 2.87 bits per heavy atom. The second kappa shape index (κ2) is 5.42. The van der Waals surface area contributed by atoms with Crippen LogP contribution in [0.3, 0.4) is 0 Å². The molecule has 1 aromatic rings. The van der Waals surface area contributed by atoms with Crippen LogP contribution in [0.25, 0.3) is 0 Å². The molecular formula is C11H16ClFN2. The molecule has 1 atom stereocenters. The van der Waals surface area contributed by atoms with Crippen LogP contribution < -0.4 is 5.73 Å². The maximum atomic E-state index is 14.2. The molecule has 0 aliphatic carbocycles. The molecule has 0 aliphatic heterocycles. The van der Waals surface area contributed by atoms with Gasteiger partial charge in [0.1, 0.15) is 5.67 Å². The van der Waals surface area contributed by atoms with Gasteiger partial charge in [0.2, 0.25) is 0 Å². The predicted molar refractivity (Wildman–Crippen MR) is 60.8 cm³/mol. The lowest BCUT2D eigenvalue weighted by atomic mass is 9.92. The van der Waals surface area contributed by atoms with Gasteiger partial charge >= 0.3 is 0 Å². The Balaban J connectivity index is 2.79. The molecule has 0 aromatic carbocycles. The first-order chi connectivity index (χ1) is 7.11. The minimum absolute atomic E-state index is 0.0273. The smallest absolute Gasteiger partial charge is 0.127 e. The normalized spacial score (nSPS) is 14.9. The van der Waals surface area contributed by atoms with E-state index in [1.807, 2.05) is 6.92 Å². The monoisotopic (exact) mass is 230 g/mol. The van der Waals surface area contributed by atoms with Crippen LogP contribution in [-0.4, -0.2) is 17.2 Å². The molecule has 0 saturated heterocycles. The van der Waals surface area contributed by atoms with E-state index in [1.54, 1.807) is 12.3 Å². The maximum absolute atomic E-state index is 14.2. The van der Waals surface area contributed by atoms with Crippen LogP contribution in [0.4, 0.5) is 4.39 Å². The van der Waals surface area contributed by atoms with Gasteiger partial charge in [0.25, 0.3) is 0 Å². The van der Waals surface area contributed by atoms with Crippen molar-refractivity contribution >= 4 is 11.6 Å². The van der Waals surface area contributed by atoms with Crippen LogP contribution in [0.5, 0.6) is 0 Å². The van der Waals surface area contributed by atoms with E-state index in [2.05, 4.69) is 4.98 Å². The molecule has 15 heavy (non-hydrogen) atoms. The SMILES string of the molecule is CCCC(F)(CN)Cc1ccncc1Cl. The number of halogens is 2. The van der Waals surface area contributed by atoms with E-state index in [0.717, 1.165) is 12.0 Å². The number of rotatable bonds is 5. The molecular weight excluding hydrogens is 215 g/mol. The highest BCUT2D eigenvalue weighted by Gasteiger charge is 2.27. The van der Waals surface area contributed by atoms with Gasteiger partial charge in [-0.05, 0) is 18.1 Å². The van der Waals surface area contributed by atoms with E-state index in [9.17, 15) is 4.39 Å². The third-order valence-corrected chi connectivity index (χ3v) is 2.77. The van der Waals surface area contributed by atoms with Crippen LogP contribution in [0, 0.1) is 0 Å². The van der Waals surface area contributed by atoms with Gasteiger partial charge in [-0.2, -0.15) is 0 Å². The zero-order valence-corrected chi connectivity index (χ0v) is 9.60. The van der Waals surface area contributed by atoms with Crippen LogP contribution in [0.2, 0.25) is 5.02 Å². The van der Waals surface area contributed by atoms with Crippen molar-refractivity contribution in [2.45, 2.75) is 31.9 Å². The molecule has 0 bridgehead atoms. The average molecular weight is 231 g/mol. The summed E-state index contributed by atoms with van der Waals surface area (Å²) in [5.74, 6) is 0. The van der Waals surface area contributed by atoms with E-state index >= 15 is 0 Å². The summed E-state index contributed by atoms with van der Waals surface area (Å²) in [6.07, 6.45) is 4.64. The third kappa shape index (κ3) is 3.43. The molecule has 1 rings (SSSR count). The topological polar surface area (TPSA) is 38.9 Å². The summed E-state index contributed by atoms with van der Waals surface area (Å²) in [6, 6.07) is 1.74. The molecule has 0 amide bonds. The lowest BCUT2D eigenvalue weighted by Crippen LogP contribution is -2.35. The Bertz CT molecular complexity index is 319. The van der Waals surface area contributed by atoms with Gasteiger partial charge < -0.3 is 5.73 Å². The molecule has 0 aliphatic rings. The quantitative estimate of drug-likeness (QED) is 0.845. The van der Waals surface area contributed by atoms with E-state index in [-0.39, 0.29) is 13.0 Å². The van der Waals surface area contributed by atoms with Crippen LogP contribution >= 0.6 is 11.6 Å². The van der Waals surface area contributed by atoms with Gasteiger partial charge in [-0.1, -0.05) is 24.9 Å². The van der Waals surface area contributed by atoms with Gasteiger partial charge in [0.05, 0.1) is 5.02 Å². The summed E-state index contributed by atoms with van der Waals surface area (Å²) in [7, 11) is 0. The molecule has 2 N–H and O–H groups in total. The van der Waals surface area contributed by atoms with Crippen molar-refractivity contribution in [1.82, 2.24) is 4.98 Å². The van der Waals surface area contributed by atoms with Gasteiger partial charge in [0, 0.05) is 25.4 Å². The first-order valence-electron chi connectivity index (χ1n) is 5.08. The molecule has 0 radical (unpaired) electrons. The highest BCUT2D eigenvalue weighted by Crippen LogP contribution is 2.26. The second-order valence-corrected chi connectivity index (χ2v) is 4.16. The molecule has 4 heteroatoms. The summed E-state index contributed by atoms with van der Waals surface area (Å²) in [4.78, 5) is 3.86. The molecule has 2 nitrogen and oxygen atoms in total. The number of hydrogen-bond acceptors (Lipinski definition) is 2. The van der Waals surface area contributed by atoms with Crippen LogP contribution in [0.15, 0.2) is 18.5 Å². The minimum atomic E-state index is -1.35. The Morgan fingerprint density at radius 2 is 2.33 bits per heavy atom. The van der Waals surface area contributed by atoms with Crippen molar-refractivity contribution in [2.24, 2.45) is 5.73 Å². The van der Waals surface area contributed by atoms with Gasteiger partial charge in [-0.25, -0.2) is 4.39 Å². The second-order valence-electron chi connectivity index (χ2n) is 3.75. The molecule has 0 spiro atoms. The van der Waals surface area contributed by atoms with E-state index < -0.39 is 5.67 Å². The number of aromatic nitrogens is 1. The first kappa shape index (κ1) is 12.4. The molecule has 1 heterocycles. The summed E-state index contributed by atoms with van der Waals surface area (Å²) < 4.78 is 14.2. The highest BCUT2D eigenvalue weighted by atomic mass is 35.5. The fourth-order valence-corrected chi connectivity index (χ4v) is 1.79. The van der Waals surface area contributed by atoms with Crippen LogP contribution in [0.1, 0.15) is 25.3 Å². The zero-order chi connectivity index (χ0) is 11.3. The third-order valence-electron chi connectivity index (χ3n) is 2.43. The lowest BCUT2D eigenvalue weighted by Gasteiger charge is -2.23. The van der Waals surface area contributed by atoms with Crippen molar-refractivity contribution in [3.63, 3.8) is 0 Å². The van der Waals surface area contributed by atoms with Gasteiger partial charge in [0.15, 0.2) is 0 Å². The van der Waals surface area contributed by atoms with Crippen molar-refractivity contribution in [1.29, 1.82) is 0 Å². The van der Waals surface area contributed by atoms with Crippen LogP contribution in [-0.2, 0) is 6.42 Å². The van der Waals surface area contributed by atoms with Crippen molar-refractivity contribution < 1.29 is 4.39 Å².